The third kappa shape index (κ3) is 24.8. The number of imidazole rings is 1. The van der Waals surface area contributed by atoms with E-state index in [-0.39, 0.29) is 67.7 Å². The molecule has 0 unspecified atom stereocenters. The molecule has 0 aliphatic rings. The number of carboxylic acid groups (broad SMARTS) is 2. The minimum atomic E-state index is -1.85. The molecule has 430 valence electrons. The number of nitrogens with zero attached hydrogens (tertiary/aromatic N) is 2. The van der Waals surface area contributed by atoms with Crippen LogP contribution in [0.1, 0.15) is 70.1 Å². The van der Waals surface area contributed by atoms with Gasteiger partial charge in [-0.2, -0.15) is 25.3 Å². The summed E-state index contributed by atoms with van der Waals surface area (Å²) in [6.45, 7) is 3.31. The first kappa shape index (κ1) is 66.1. The molecule has 2 aromatic rings. The maximum absolute atomic E-state index is 14.3. The van der Waals surface area contributed by atoms with E-state index >= 15 is 0 Å². The second-order valence-corrected chi connectivity index (χ2v) is 18.9. The van der Waals surface area contributed by atoms with Gasteiger partial charge in [0.15, 0.2) is 5.96 Å². The highest BCUT2D eigenvalue weighted by Gasteiger charge is 2.36. The molecule has 0 aliphatic carbocycles. The monoisotopic (exact) mass is 1130 g/mol. The smallest absolute Gasteiger partial charge is 0.327 e. The fraction of sp³-hybridized carbons (Fsp3) is 0.522. The number of benzene rings is 1. The highest BCUT2D eigenvalue weighted by atomic mass is 32.1. The predicted octanol–water partition coefficient (Wildman–Crippen LogP) is -5.94. The molecule has 0 aliphatic heterocycles. The molecule has 9 atom stereocenters. The van der Waals surface area contributed by atoms with Gasteiger partial charge in [0.2, 0.25) is 59.1 Å². The van der Waals surface area contributed by atoms with E-state index in [0.717, 1.165) is 0 Å². The van der Waals surface area contributed by atoms with Gasteiger partial charge in [0, 0.05) is 49.2 Å². The molecule has 0 saturated carbocycles. The zero-order valence-corrected chi connectivity index (χ0v) is 44.6. The lowest BCUT2D eigenvalue weighted by molar-refractivity contribution is -0.142. The number of primary amides is 2. The zero-order valence-electron chi connectivity index (χ0n) is 42.8. The molecule has 2 rings (SSSR count). The number of hydrogen-bond acceptors (Lipinski definition) is 17. The van der Waals surface area contributed by atoms with E-state index in [1.807, 2.05) is 0 Å². The Morgan fingerprint density at radius 2 is 1.06 bits per heavy atom. The van der Waals surface area contributed by atoms with E-state index in [2.05, 4.69) is 82.8 Å². The number of rotatable bonds is 36. The lowest BCUT2D eigenvalue weighted by Crippen LogP contribution is -2.61. The van der Waals surface area contributed by atoms with Gasteiger partial charge in [-0.1, -0.05) is 44.2 Å². The first-order valence-electron chi connectivity index (χ1n) is 24.2. The van der Waals surface area contributed by atoms with Gasteiger partial charge in [-0.15, -0.1) is 0 Å². The van der Waals surface area contributed by atoms with Crippen molar-refractivity contribution in [1.29, 1.82) is 0 Å². The first-order chi connectivity index (χ1) is 36.7. The summed E-state index contributed by atoms with van der Waals surface area (Å²) in [4.78, 5) is 169. The average molecular weight is 1140 g/mol. The number of carbonyl (C=O) groups is 12. The van der Waals surface area contributed by atoms with Crippen LogP contribution in [0.5, 0.6) is 0 Å². The van der Waals surface area contributed by atoms with Gasteiger partial charge in [0.1, 0.15) is 48.3 Å². The van der Waals surface area contributed by atoms with Gasteiger partial charge in [0.25, 0.3) is 0 Å². The predicted molar refractivity (Wildman–Crippen MR) is 285 cm³/mol. The van der Waals surface area contributed by atoms with Gasteiger partial charge < -0.3 is 86.4 Å². The first-order valence-corrected chi connectivity index (χ1v) is 25.5. The van der Waals surface area contributed by atoms with Gasteiger partial charge >= 0.3 is 11.9 Å². The number of H-pyrrole nitrogens is 1. The summed E-state index contributed by atoms with van der Waals surface area (Å²) < 4.78 is 0. The summed E-state index contributed by atoms with van der Waals surface area (Å²) in [5.41, 5.74) is 28.3. The number of guanidine groups is 1. The summed E-state index contributed by atoms with van der Waals surface area (Å²) in [5, 5.41) is 38.2. The summed E-state index contributed by atoms with van der Waals surface area (Å²) in [6.07, 6.45) is -1.01. The van der Waals surface area contributed by atoms with Crippen molar-refractivity contribution < 1.29 is 67.7 Å². The lowest BCUT2D eigenvalue weighted by Gasteiger charge is -2.28. The molecule has 0 bridgehead atoms. The van der Waals surface area contributed by atoms with Crippen molar-refractivity contribution in [3.63, 3.8) is 0 Å². The maximum atomic E-state index is 14.3. The number of nitrogens with two attached hydrogens (primary N) is 5. The molecule has 32 heteroatoms. The largest absolute Gasteiger partial charge is 0.481 e. The number of nitrogens with one attached hydrogen (secondary N) is 9. The number of carboxylic acids is 2. The summed E-state index contributed by atoms with van der Waals surface area (Å²) in [6, 6.07) is -5.79. The highest BCUT2D eigenvalue weighted by Crippen LogP contribution is 2.12. The number of amides is 10. The molecular formula is C46H70N16O14S2. The standard InChI is InChI=1S/C46H70N16O14S2/c1-22(2)13-28(58-38(68)26(9-6-12-53-46(50)51)55-44(74)32(17-36(65)66)57-37(67)25(47)19-77)40(70)61-31(16-35(49)64)43(73)60-30(15-24-18-52-21-54-24)42(72)56-27(10-11-34(48)63)39(69)59-29(14-23-7-4-3-5-8-23)41(71)62-33(20-78)45(75)76/h3-5,7-8,18,21-22,25-33,77-78H,6,9-17,19-20,47H2,1-2H3,(H2,48,63)(H2,49,64)(H,52,54)(H,55,74)(H,56,72)(H,57,67)(H,58,68)(H,59,69)(H,60,73)(H,61,70)(H,62,71)(H,65,66)(H,75,76)(H4,50,51,53)/t25-,26-,27-,28-,29-,30-,31-,32-,33-/m0/s1. The fourth-order valence-electron chi connectivity index (χ4n) is 7.16. The number of thiol groups is 2. The van der Waals surface area contributed by atoms with E-state index in [9.17, 15) is 67.7 Å². The van der Waals surface area contributed by atoms with Crippen molar-refractivity contribution in [2.75, 3.05) is 18.1 Å². The van der Waals surface area contributed by atoms with Crippen LogP contribution >= 0.6 is 25.3 Å². The molecule has 0 fully saturated rings. The van der Waals surface area contributed by atoms with Gasteiger partial charge in [-0.05, 0) is 37.2 Å². The highest BCUT2D eigenvalue weighted by molar-refractivity contribution is 7.80. The minimum absolute atomic E-state index is 0.0418. The molecule has 0 radical (unpaired) electrons. The van der Waals surface area contributed by atoms with Crippen LogP contribution in [0.3, 0.4) is 0 Å². The summed E-state index contributed by atoms with van der Waals surface area (Å²) >= 11 is 7.92. The second-order valence-electron chi connectivity index (χ2n) is 18.1. The molecule has 1 aromatic carbocycles. The molecule has 0 saturated heterocycles. The Morgan fingerprint density at radius 3 is 1.55 bits per heavy atom. The van der Waals surface area contributed by atoms with Crippen LogP contribution in [-0.2, 0) is 70.4 Å². The Bertz CT molecular complexity index is 2430. The quantitative estimate of drug-likeness (QED) is 0.0131. The number of aromatic amines is 1. The van der Waals surface area contributed by atoms with Crippen LogP contribution in [-0.4, -0.2) is 170 Å². The van der Waals surface area contributed by atoms with Gasteiger partial charge in [-0.25, -0.2) is 9.78 Å². The molecule has 21 N–H and O–H groups in total. The van der Waals surface area contributed by atoms with E-state index in [4.69, 9.17) is 28.7 Å². The summed E-state index contributed by atoms with van der Waals surface area (Å²) in [7, 11) is 0. The molecule has 1 aromatic heterocycles. The number of carbonyl (C=O) groups excluding carboxylic acids is 10. The number of aromatic nitrogens is 2. The molecule has 10 amide bonds. The normalized spacial score (nSPS) is 14.4. The van der Waals surface area contributed by atoms with E-state index in [0.29, 0.717) is 5.56 Å². The van der Waals surface area contributed by atoms with Crippen molar-refractivity contribution in [1.82, 2.24) is 52.5 Å². The SMILES string of the molecule is CC(C)C[C@H](NC(=O)[C@H](CCCN=C(N)N)NC(=O)[C@H](CC(=O)O)NC(=O)[C@@H](N)CS)C(=O)N[C@@H](CC(N)=O)C(=O)N[C@@H](Cc1cnc[nH]1)C(=O)N[C@@H](CCC(N)=O)C(=O)N[C@@H](Cc1ccccc1)C(=O)N[C@@H](CS)C(=O)O. The van der Waals surface area contributed by atoms with Crippen LogP contribution < -0.4 is 71.2 Å². The zero-order chi connectivity index (χ0) is 58.6. The Hall–Kier alpha value is -8.00. The lowest BCUT2D eigenvalue weighted by atomic mass is 10.0. The van der Waals surface area contributed by atoms with Crippen LogP contribution in [0.25, 0.3) is 0 Å². The van der Waals surface area contributed by atoms with Crippen molar-refractivity contribution >= 4 is 102 Å². The van der Waals surface area contributed by atoms with Crippen LogP contribution in [0.15, 0.2) is 47.8 Å². The van der Waals surface area contributed by atoms with Gasteiger partial charge in [0.05, 0.1) is 25.2 Å². The molecule has 0 spiro atoms. The van der Waals surface area contributed by atoms with E-state index < -0.39 is 151 Å². The molecule has 78 heavy (non-hydrogen) atoms. The van der Waals surface area contributed by atoms with Crippen LogP contribution in [0.4, 0.5) is 0 Å². The number of hydrogen-bond donors (Lipinski definition) is 18. The Kier molecular flexibility index (Phi) is 28.7. The van der Waals surface area contributed by atoms with Crippen molar-refractivity contribution in [2.45, 2.75) is 126 Å². The molecule has 1 heterocycles. The van der Waals surface area contributed by atoms with Gasteiger partial charge in [-0.3, -0.25) is 57.7 Å². The van der Waals surface area contributed by atoms with E-state index in [1.165, 1.54) is 12.5 Å². The van der Waals surface area contributed by atoms with Crippen molar-refractivity contribution in [3.05, 3.63) is 54.1 Å². The fourth-order valence-corrected chi connectivity index (χ4v) is 7.58. The average Bonchev–Trinajstić information content (AvgIpc) is 3.89. The second kappa shape index (κ2) is 33.9. The third-order valence-corrected chi connectivity index (χ3v) is 11.9. The third-order valence-electron chi connectivity index (χ3n) is 11.1. The number of aliphatic carboxylic acids is 2. The molecular weight excluding hydrogens is 1060 g/mol. The topological polar surface area (TPSA) is 513 Å². The Labute approximate surface area is 458 Å². The van der Waals surface area contributed by atoms with E-state index in [1.54, 1.807) is 44.2 Å². The number of aliphatic imine (C=N–C) groups is 1. The maximum Gasteiger partial charge on any atom is 0.327 e. The summed E-state index contributed by atoms with van der Waals surface area (Å²) in [5.74, 6) is -14.3. The molecule has 30 nitrogen and oxygen atoms in total. The minimum Gasteiger partial charge on any atom is -0.481 e. The van der Waals surface area contributed by atoms with Crippen LogP contribution in [0, 0.1) is 5.92 Å². The Morgan fingerprint density at radius 1 is 0.590 bits per heavy atom. The van der Waals surface area contributed by atoms with Crippen LogP contribution in [0.2, 0.25) is 0 Å². The van der Waals surface area contributed by atoms with Crippen molar-refractivity contribution in [3.8, 4) is 0 Å². The Balaban J connectivity index is 2.51. The van der Waals surface area contributed by atoms with Crippen molar-refractivity contribution in [2.24, 2.45) is 39.6 Å².